The summed E-state index contributed by atoms with van der Waals surface area (Å²) in [5.74, 6) is 5.71. The predicted molar refractivity (Wildman–Crippen MR) is 68.9 cm³/mol. The van der Waals surface area contributed by atoms with Crippen molar-refractivity contribution in [3.63, 3.8) is 0 Å². The van der Waals surface area contributed by atoms with Crippen LogP contribution in [0.4, 0.5) is 0 Å². The van der Waals surface area contributed by atoms with E-state index < -0.39 is 0 Å². The summed E-state index contributed by atoms with van der Waals surface area (Å²) in [5.41, 5.74) is 2.73. The zero-order valence-electron chi connectivity index (χ0n) is 10.1. The second-order valence-electron chi connectivity index (χ2n) is 4.38. The molecular weight excluding hydrogens is 236 g/mol. The molecule has 0 bridgehead atoms. The molecule has 0 saturated carbocycles. The van der Waals surface area contributed by atoms with Gasteiger partial charge in [-0.15, -0.1) is 11.3 Å². The molecule has 2 heterocycles. The average molecular weight is 256 g/mol. The Balaban J connectivity index is 2.09. The van der Waals surface area contributed by atoms with E-state index in [0.717, 1.165) is 32.5 Å². The van der Waals surface area contributed by atoms with Crippen LogP contribution in [-0.2, 0) is 15.9 Å². The molecule has 1 saturated heterocycles. The van der Waals surface area contributed by atoms with Crippen LogP contribution in [0.3, 0.4) is 0 Å². The van der Waals surface area contributed by atoms with Crippen molar-refractivity contribution in [3.8, 4) is 0 Å². The van der Waals surface area contributed by atoms with E-state index in [1.54, 1.807) is 18.4 Å². The van der Waals surface area contributed by atoms with Crippen LogP contribution in [0.25, 0.3) is 0 Å². The maximum absolute atomic E-state index is 5.76. The van der Waals surface area contributed by atoms with Crippen molar-refractivity contribution in [1.82, 2.24) is 5.43 Å². The highest BCUT2D eigenvalue weighted by Gasteiger charge is 2.40. The fraction of sp³-hybridized carbons (Fsp3) is 0.667. The third kappa shape index (κ3) is 2.86. The van der Waals surface area contributed by atoms with Crippen LogP contribution >= 0.6 is 11.3 Å². The lowest BCUT2D eigenvalue weighted by Crippen LogP contribution is -2.57. The van der Waals surface area contributed by atoms with Gasteiger partial charge in [0.1, 0.15) is 0 Å². The van der Waals surface area contributed by atoms with Crippen LogP contribution in [0.2, 0.25) is 0 Å². The number of thiophene rings is 1. The number of hydrogen-bond acceptors (Lipinski definition) is 5. The normalized spacial score (nSPS) is 21.3. The SMILES string of the molecule is COC1(C(Cc2cccs2)NN)CCOCC1. The summed E-state index contributed by atoms with van der Waals surface area (Å²) in [6, 6.07) is 4.34. The summed E-state index contributed by atoms with van der Waals surface area (Å²) in [6.45, 7) is 1.49. The maximum Gasteiger partial charge on any atom is 0.0891 e. The van der Waals surface area contributed by atoms with Crippen molar-refractivity contribution in [2.45, 2.75) is 30.9 Å². The van der Waals surface area contributed by atoms with Gasteiger partial charge in [-0.1, -0.05) is 6.07 Å². The van der Waals surface area contributed by atoms with Crippen molar-refractivity contribution >= 4 is 11.3 Å². The minimum Gasteiger partial charge on any atom is -0.381 e. The van der Waals surface area contributed by atoms with Gasteiger partial charge in [-0.2, -0.15) is 0 Å². The summed E-state index contributed by atoms with van der Waals surface area (Å²) in [6.07, 6.45) is 2.69. The van der Waals surface area contributed by atoms with Gasteiger partial charge in [-0.3, -0.25) is 11.3 Å². The number of hydrogen-bond donors (Lipinski definition) is 2. The van der Waals surface area contributed by atoms with Gasteiger partial charge in [-0.05, 0) is 11.4 Å². The van der Waals surface area contributed by atoms with Crippen molar-refractivity contribution in [2.24, 2.45) is 5.84 Å². The Morgan fingerprint density at radius 1 is 1.59 bits per heavy atom. The minimum atomic E-state index is -0.197. The van der Waals surface area contributed by atoms with E-state index in [9.17, 15) is 0 Å². The van der Waals surface area contributed by atoms with E-state index in [1.165, 1.54) is 4.88 Å². The Labute approximate surface area is 106 Å². The van der Waals surface area contributed by atoms with Crippen LogP contribution in [0.1, 0.15) is 17.7 Å². The highest BCUT2D eigenvalue weighted by atomic mass is 32.1. The Morgan fingerprint density at radius 2 is 2.35 bits per heavy atom. The highest BCUT2D eigenvalue weighted by Crippen LogP contribution is 2.30. The third-order valence-electron chi connectivity index (χ3n) is 3.57. The van der Waals surface area contributed by atoms with Crippen molar-refractivity contribution in [3.05, 3.63) is 22.4 Å². The lowest BCUT2D eigenvalue weighted by Gasteiger charge is -2.41. The van der Waals surface area contributed by atoms with Gasteiger partial charge in [0.05, 0.1) is 11.6 Å². The first-order chi connectivity index (χ1) is 8.30. The molecular formula is C12H20N2O2S. The molecule has 0 radical (unpaired) electrons. The molecule has 5 heteroatoms. The Bertz CT molecular complexity index is 323. The molecule has 4 nitrogen and oxygen atoms in total. The molecule has 1 aromatic rings. The van der Waals surface area contributed by atoms with E-state index in [-0.39, 0.29) is 11.6 Å². The number of nitrogens with two attached hydrogens (primary N) is 1. The van der Waals surface area contributed by atoms with Crippen LogP contribution in [0.5, 0.6) is 0 Å². The monoisotopic (exact) mass is 256 g/mol. The Kier molecular flexibility index (Phi) is 4.53. The lowest BCUT2D eigenvalue weighted by molar-refractivity contribution is -0.110. The zero-order chi connectivity index (χ0) is 12.1. The van der Waals surface area contributed by atoms with Gasteiger partial charge in [-0.25, -0.2) is 0 Å². The van der Waals surface area contributed by atoms with Crippen LogP contribution in [0, 0.1) is 0 Å². The predicted octanol–water partition coefficient (Wildman–Crippen LogP) is 1.32. The molecule has 1 aliphatic rings. The first kappa shape index (κ1) is 13.0. The van der Waals surface area contributed by atoms with Gasteiger partial charge >= 0.3 is 0 Å². The molecule has 96 valence electrons. The molecule has 0 aliphatic carbocycles. The first-order valence-electron chi connectivity index (χ1n) is 5.92. The summed E-state index contributed by atoms with van der Waals surface area (Å²) in [5, 5.41) is 2.09. The van der Waals surface area contributed by atoms with Gasteiger partial charge in [0.2, 0.25) is 0 Å². The smallest absolute Gasteiger partial charge is 0.0891 e. The zero-order valence-corrected chi connectivity index (χ0v) is 11.0. The molecule has 1 unspecified atom stereocenters. The molecule has 1 aromatic heterocycles. The first-order valence-corrected chi connectivity index (χ1v) is 6.80. The summed E-state index contributed by atoms with van der Waals surface area (Å²) < 4.78 is 11.2. The standard InChI is InChI=1S/C12H20N2O2S/c1-15-12(4-6-16-7-5-12)11(14-13)9-10-3-2-8-17-10/h2-3,8,11,14H,4-7,9,13H2,1H3. The number of rotatable bonds is 5. The van der Waals surface area contributed by atoms with Crippen LogP contribution < -0.4 is 11.3 Å². The maximum atomic E-state index is 5.76. The molecule has 3 N–H and O–H groups in total. The van der Waals surface area contributed by atoms with E-state index in [4.69, 9.17) is 15.3 Å². The largest absolute Gasteiger partial charge is 0.381 e. The third-order valence-corrected chi connectivity index (χ3v) is 4.47. The Morgan fingerprint density at radius 3 is 2.88 bits per heavy atom. The summed E-state index contributed by atoms with van der Waals surface area (Å²) >= 11 is 1.76. The summed E-state index contributed by atoms with van der Waals surface area (Å²) in [7, 11) is 1.77. The minimum absolute atomic E-state index is 0.134. The molecule has 1 fully saturated rings. The fourth-order valence-corrected chi connectivity index (χ4v) is 3.19. The van der Waals surface area contributed by atoms with Crippen molar-refractivity contribution in [1.29, 1.82) is 0 Å². The number of ether oxygens (including phenoxy) is 2. The van der Waals surface area contributed by atoms with Crippen molar-refractivity contribution in [2.75, 3.05) is 20.3 Å². The van der Waals surface area contributed by atoms with Crippen LogP contribution in [0.15, 0.2) is 17.5 Å². The number of hydrazine groups is 1. The molecule has 1 atom stereocenters. The number of nitrogens with one attached hydrogen (secondary N) is 1. The molecule has 2 rings (SSSR count). The second-order valence-corrected chi connectivity index (χ2v) is 5.42. The average Bonchev–Trinajstić information content (AvgIpc) is 2.89. The van der Waals surface area contributed by atoms with E-state index in [0.29, 0.717) is 0 Å². The van der Waals surface area contributed by atoms with Crippen molar-refractivity contribution < 1.29 is 9.47 Å². The molecule has 0 amide bonds. The van der Waals surface area contributed by atoms with Gasteiger partial charge in [0.15, 0.2) is 0 Å². The lowest BCUT2D eigenvalue weighted by atomic mass is 9.84. The topological polar surface area (TPSA) is 56.5 Å². The quantitative estimate of drug-likeness (QED) is 0.616. The van der Waals surface area contributed by atoms with Gasteiger partial charge < -0.3 is 9.47 Å². The van der Waals surface area contributed by atoms with Gasteiger partial charge in [0, 0.05) is 44.5 Å². The molecule has 1 aliphatic heterocycles. The van der Waals surface area contributed by atoms with E-state index in [2.05, 4.69) is 22.9 Å². The molecule has 0 aromatic carbocycles. The second kappa shape index (κ2) is 5.93. The van der Waals surface area contributed by atoms with E-state index in [1.807, 2.05) is 0 Å². The molecule has 0 spiro atoms. The number of methoxy groups -OCH3 is 1. The Hall–Kier alpha value is -0.460. The fourth-order valence-electron chi connectivity index (χ4n) is 2.44. The summed E-state index contributed by atoms with van der Waals surface area (Å²) in [4.78, 5) is 1.33. The molecule has 17 heavy (non-hydrogen) atoms. The van der Waals surface area contributed by atoms with Crippen LogP contribution in [-0.4, -0.2) is 32.0 Å². The highest BCUT2D eigenvalue weighted by molar-refractivity contribution is 7.09. The van der Waals surface area contributed by atoms with Gasteiger partial charge in [0.25, 0.3) is 0 Å². The van der Waals surface area contributed by atoms with E-state index >= 15 is 0 Å².